The molecular formula is C17H25N3O2. The number of hydrogen-bond donors (Lipinski definition) is 3. The first-order valence-electron chi connectivity index (χ1n) is 8.10. The zero-order chi connectivity index (χ0) is 15.8. The summed E-state index contributed by atoms with van der Waals surface area (Å²) in [5.41, 5.74) is 6.33. The van der Waals surface area contributed by atoms with Crippen LogP contribution in [0.1, 0.15) is 51.4 Å². The number of carbonyl (C=O) groups excluding carboxylic acids is 2. The van der Waals surface area contributed by atoms with Crippen LogP contribution in [0.2, 0.25) is 0 Å². The van der Waals surface area contributed by atoms with Gasteiger partial charge in [-0.25, -0.2) is 4.79 Å². The van der Waals surface area contributed by atoms with Gasteiger partial charge in [-0.2, -0.15) is 0 Å². The highest BCUT2D eigenvalue weighted by Crippen LogP contribution is 2.27. The third kappa shape index (κ3) is 5.76. The summed E-state index contributed by atoms with van der Waals surface area (Å²) >= 11 is 0. The Hall–Kier alpha value is -2.04. The first kappa shape index (κ1) is 16.3. The first-order chi connectivity index (χ1) is 10.6. The van der Waals surface area contributed by atoms with E-state index in [4.69, 9.17) is 5.73 Å². The third-order valence-electron chi connectivity index (χ3n) is 4.15. The lowest BCUT2D eigenvalue weighted by Gasteiger charge is -2.21. The topological polar surface area (TPSA) is 84.2 Å². The number of primary amides is 1. The number of nitrogens with two attached hydrogens (primary N) is 1. The first-order valence-corrected chi connectivity index (χ1v) is 8.10. The molecule has 1 aromatic rings. The van der Waals surface area contributed by atoms with Crippen molar-refractivity contribution in [1.29, 1.82) is 0 Å². The van der Waals surface area contributed by atoms with Gasteiger partial charge in [-0.3, -0.25) is 4.79 Å². The standard InChI is InChI=1S/C17H25N3O2/c18-17(22)20-15-10-5-9-14(12-15)19-16(21)11-4-8-13-6-2-1-3-7-13/h5,9-10,12-13H,1-4,6-8,11H2,(H,19,21)(H3,18,20,22). The van der Waals surface area contributed by atoms with Crippen LogP contribution >= 0.6 is 0 Å². The fraction of sp³-hybridized carbons (Fsp3) is 0.529. The summed E-state index contributed by atoms with van der Waals surface area (Å²) in [6.45, 7) is 0. The van der Waals surface area contributed by atoms with Crippen LogP contribution in [0.15, 0.2) is 24.3 Å². The van der Waals surface area contributed by atoms with E-state index in [0.717, 1.165) is 18.8 Å². The number of anilines is 2. The molecule has 2 rings (SSSR count). The summed E-state index contributed by atoms with van der Waals surface area (Å²) in [6.07, 6.45) is 9.33. The summed E-state index contributed by atoms with van der Waals surface area (Å²) in [5, 5.41) is 5.35. The molecule has 22 heavy (non-hydrogen) atoms. The van der Waals surface area contributed by atoms with Crippen molar-refractivity contribution in [2.24, 2.45) is 11.7 Å². The number of amides is 3. The number of benzene rings is 1. The van der Waals surface area contributed by atoms with E-state index in [-0.39, 0.29) is 5.91 Å². The second-order valence-electron chi connectivity index (χ2n) is 6.01. The summed E-state index contributed by atoms with van der Waals surface area (Å²) in [5.74, 6) is 0.830. The minimum absolute atomic E-state index is 0.0204. The molecule has 0 atom stereocenters. The van der Waals surface area contributed by atoms with Gasteiger partial charge in [0.15, 0.2) is 0 Å². The van der Waals surface area contributed by atoms with E-state index in [0.29, 0.717) is 17.8 Å². The zero-order valence-electron chi connectivity index (χ0n) is 12.9. The predicted octanol–water partition coefficient (Wildman–Crippen LogP) is 3.87. The zero-order valence-corrected chi connectivity index (χ0v) is 12.9. The molecule has 5 heteroatoms. The van der Waals surface area contributed by atoms with E-state index in [2.05, 4.69) is 10.6 Å². The molecule has 1 aromatic carbocycles. The molecule has 0 aliphatic heterocycles. The average Bonchev–Trinajstić information content (AvgIpc) is 2.48. The Morgan fingerprint density at radius 2 is 1.77 bits per heavy atom. The normalized spacial score (nSPS) is 15.3. The Kier molecular flexibility index (Phi) is 6.25. The molecule has 1 saturated carbocycles. The number of hydrogen-bond acceptors (Lipinski definition) is 2. The molecule has 0 spiro atoms. The molecule has 120 valence electrons. The van der Waals surface area contributed by atoms with E-state index >= 15 is 0 Å². The average molecular weight is 303 g/mol. The maximum atomic E-state index is 12.0. The van der Waals surface area contributed by atoms with Crippen LogP contribution < -0.4 is 16.4 Å². The van der Waals surface area contributed by atoms with Gasteiger partial charge >= 0.3 is 6.03 Å². The van der Waals surface area contributed by atoms with Crippen LogP contribution in [0.25, 0.3) is 0 Å². The molecule has 3 amide bonds. The highest BCUT2D eigenvalue weighted by Gasteiger charge is 2.13. The maximum Gasteiger partial charge on any atom is 0.316 e. The lowest BCUT2D eigenvalue weighted by atomic mass is 9.86. The number of nitrogens with one attached hydrogen (secondary N) is 2. The second-order valence-corrected chi connectivity index (χ2v) is 6.01. The monoisotopic (exact) mass is 303 g/mol. The third-order valence-corrected chi connectivity index (χ3v) is 4.15. The molecular weight excluding hydrogens is 278 g/mol. The fourth-order valence-electron chi connectivity index (χ4n) is 3.07. The van der Waals surface area contributed by atoms with Crippen LogP contribution in [0.4, 0.5) is 16.2 Å². The van der Waals surface area contributed by atoms with Crippen molar-refractivity contribution < 1.29 is 9.59 Å². The van der Waals surface area contributed by atoms with Gasteiger partial charge in [0.05, 0.1) is 0 Å². The van der Waals surface area contributed by atoms with Crippen LogP contribution in [-0.4, -0.2) is 11.9 Å². The summed E-state index contributed by atoms with van der Waals surface area (Å²) < 4.78 is 0. The Balaban J connectivity index is 1.73. The Morgan fingerprint density at radius 1 is 1.09 bits per heavy atom. The van der Waals surface area contributed by atoms with E-state index in [1.54, 1.807) is 24.3 Å². The van der Waals surface area contributed by atoms with Crippen molar-refractivity contribution in [1.82, 2.24) is 0 Å². The molecule has 5 nitrogen and oxygen atoms in total. The Bertz CT molecular complexity index is 510. The number of urea groups is 1. The second kappa shape index (κ2) is 8.41. The van der Waals surface area contributed by atoms with Crippen molar-refractivity contribution in [2.45, 2.75) is 51.4 Å². The minimum atomic E-state index is -0.615. The minimum Gasteiger partial charge on any atom is -0.351 e. The highest BCUT2D eigenvalue weighted by molar-refractivity contribution is 5.93. The summed E-state index contributed by atoms with van der Waals surface area (Å²) in [6, 6.07) is 6.37. The Morgan fingerprint density at radius 3 is 2.45 bits per heavy atom. The fourth-order valence-corrected chi connectivity index (χ4v) is 3.07. The molecule has 0 aromatic heterocycles. The maximum absolute atomic E-state index is 12.0. The Labute approximate surface area is 131 Å². The largest absolute Gasteiger partial charge is 0.351 e. The van der Waals surface area contributed by atoms with Crippen molar-refractivity contribution in [3.05, 3.63) is 24.3 Å². The molecule has 1 aliphatic rings. The van der Waals surface area contributed by atoms with Crippen molar-refractivity contribution in [3.8, 4) is 0 Å². The van der Waals surface area contributed by atoms with Gasteiger partial charge in [-0.15, -0.1) is 0 Å². The van der Waals surface area contributed by atoms with Gasteiger partial charge in [0.2, 0.25) is 5.91 Å². The molecule has 0 heterocycles. The smallest absolute Gasteiger partial charge is 0.316 e. The van der Waals surface area contributed by atoms with Crippen molar-refractivity contribution in [2.75, 3.05) is 10.6 Å². The van der Waals surface area contributed by atoms with E-state index in [1.807, 2.05) is 0 Å². The van der Waals surface area contributed by atoms with Gasteiger partial charge in [0.1, 0.15) is 0 Å². The van der Waals surface area contributed by atoms with Gasteiger partial charge < -0.3 is 16.4 Å². The lowest BCUT2D eigenvalue weighted by molar-refractivity contribution is -0.116. The van der Waals surface area contributed by atoms with Crippen LogP contribution in [-0.2, 0) is 4.79 Å². The van der Waals surface area contributed by atoms with Gasteiger partial charge in [-0.1, -0.05) is 38.2 Å². The highest BCUT2D eigenvalue weighted by atomic mass is 16.2. The predicted molar refractivity (Wildman–Crippen MR) is 88.7 cm³/mol. The lowest BCUT2D eigenvalue weighted by Crippen LogP contribution is -2.19. The molecule has 0 bridgehead atoms. The molecule has 0 radical (unpaired) electrons. The molecule has 0 saturated heterocycles. The molecule has 0 unspecified atom stereocenters. The number of carbonyl (C=O) groups is 2. The summed E-state index contributed by atoms with van der Waals surface area (Å²) in [7, 11) is 0. The molecule has 1 fully saturated rings. The molecule has 4 N–H and O–H groups in total. The van der Waals surface area contributed by atoms with Gasteiger partial charge in [0, 0.05) is 17.8 Å². The van der Waals surface area contributed by atoms with E-state index < -0.39 is 6.03 Å². The van der Waals surface area contributed by atoms with Gasteiger partial charge in [0.25, 0.3) is 0 Å². The van der Waals surface area contributed by atoms with Crippen LogP contribution in [0, 0.1) is 5.92 Å². The molecule has 1 aliphatic carbocycles. The van der Waals surface area contributed by atoms with Gasteiger partial charge in [-0.05, 0) is 37.0 Å². The van der Waals surface area contributed by atoms with E-state index in [1.165, 1.54) is 32.1 Å². The van der Waals surface area contributed by atoms with Crippen molar-refractivity contribution >= 4 is 23.3 Å². The van der Waals surface area contributed by atoms with Crippen LogP contribution in [0.3, 0.4) is 0 Å². The SMILES string of the molecule is NC(=O)Nc1cccc(NC(=O)CCCC2CCCCC2)c1. The summed E-state index contributed by atoms with van der Waals surface area (Å²) in [4.78, 5) is 22.8. The number of rotatable bonds is 6. The van der Waals surface area contributed by atoms with E-state index in [9.17, 15) is 9.59 Å². The van der Waals surface area contributed by atoms with Crippen molar-refractivity contribution in [3.63, 3.8) is 0 Å². The van der Waals surface area contributed by atoms with Crippen LogP contribution in [0.5, 0.6) is 0 Å². The quantitative estimate of drug-likeness (QED) is 0.745.